The van der Waals surface area contributed by atoms with Crippen molar-refractivity contribution in [2.75, 3.05) is 50.9 Å². The monoisotopic (exact) mass is 739 g/mol. The first kappa shape index (κ1) is 36.2. The van der Waals surface area contributed by atoms with Crippen LogP contribution < -0.4 is 10.1 Å². The van der Waals surface area contributed by atoms with Crippen LogP contribution in [0.1, 0.15) is 32.3 Å². The van der Waals surface area contributed by atoms with E-state index in [-0.39, 0.29) is 43.4 Å². The summed E-state index contributed by atoms with van der Waals surface area (Å²) in [6.45, 7) is 6.36. The molecule has 1 atom stereocenters. The molecule has 53 heavy (non-hydrogen) atoms. The van der Waals surface area contributed by atoms with Gasteiger partial charge < -0.3 is 20.1 Å². The van der Waals surface area contributed by atoms with Gasteiger partial charge in [-0.25, -0.2) is 14.4 Å². The molecule has 2 aliphatic rings. The molecule has 7 rings (SSSR count). The number of aliphatic hydroxyl groups is 1. The van der Waals surface area contributed by atoms with Crippen molar-refractivity contribution in [3.05, 3.63) is 78.5 Å². The Labute approximate surface area is 310 Å². The Kier molecular flexibility index (Phi) is 10.6. The first-order valence-corrected chi connectivity index (χ1v) is 18.8. The van der Waals surface area contributed by atoms with E-state index in [4.69, 9.17) is 9.84 Å². The topological polar surface area (TPSA) is 154 Å². The van der Waals surface area contributed by atoms with Crippen LogP contribution >= 0.6 is 11.8 Å². The molecule has 1 fully saturated rings. The second kappa shape index (κ2) is 15.5. The van der Waals surface area contributed by atoms with E-state index in [0.29, 0.717) is 56.2 Å². The highest BCUT2D eigenvalue weighted by molar-refractivity contribution is 8.00. The number of halogens is 1. The van der Waals surface area contributed by atoms with E-state index in [2.05, 4.69) is 35.5 Å². The van der Waals surface area contributed by atoms with Crippen LogP contribution in [0.4, 0.5) is 10.1 Å². The summed E-state index contributed by atoms with van der Waals surface area (Å²) < 4.78 is 21.5. The molecule has 3 aromatic heterocycles. The smallest absolute Gasteiger partial charge is 0.241 e. The third-order valence-electron chi connectivity index (χ3n) is 9.67. The number of nitrogens with zero attached hydrogens (tertiary/aromatic N) is 7. The van der Waals surface area contributed by atoms with Crippen LogP contribution in [-0.2, 0) is 16.1 Å². The number of thioether (sulfide) groups is 1. The van der Waals surface area contributed by atoms with Gasteiger partial charge in [-0.3, -0.25) is 24.3 Å². The first-order chi connectivity index (χ1) is 25.6. The van der Waals surface area contributed by atoms with Gasteiger partial charge in [-0.15, -0.1) is 11.8 Å². The number of likely N-dealkylation sites (tertiary alicyclic amines) is 1. The fraction of sp³-hybridized carbons (Fsp3) is 0.368. The van der Waals surface area contributed by atoms with Crippen molar-refractivity contribution >= 4 is 45.7 Å². The van der Waals surface area contributed by atoms with Crippen molar-refractivity contribution in [2.45, 2.75) is 44.1 Å². The van der Waals surface area contributed by atoms with Crippen LogP contribution in [0.3, 0.4) is 0 Å². The molecule has 3 N–H and O–H groups in total. The molecule has 0 aliphatic carbocycles. The zero-order valence-electron chi connectivity index (χ0n) is 29.9. The van der Waals surface area contributed by atoms with E-state index in [0.717, 1.165) is 33.3 Å². The Morgan fingerprint density at radius 1 is 1.11 bits per heavy atom. The third kappa shape index (κ3) is 7.82. The number of hydrogen-bond acceptors (Lipinski definition) is 10. The molecule has 2 aliphatic heterocycles. The minimum atomic E-state index is -0.706. The predicted molar refractivity (Wildman–Crippen MR) is 203 cm³/mol. The van der Waals surface area contributed by atoms with Crippen LogP contribution in [0.2, 0.25) is 0 Å². The average molecular weight is 740 g/mol. The summed E-state index contributed by atoms with van der Waals surface area (Å²) in [5, 5.41) is 24.9. The van der Waals surface area contributed by atoms with Crippen LogP contribution in [0.25, 0.3) is 39.1 Å². The Morgan fingerprint density at radius 3 is 2.68 bits per heavy atom. The molecule has 276 valence electrons. The first-order valence-electron chi connectivity index (χ1n) is 17.6. The molecule has 1 saturated heterocycles. The molecule has 0 bridgehead atoms. The summed E-state index contributed by atoms with van der Waals surface area (Å²) in [7, 11) is 0. The number of fused-ring (bicyclic) bond motifs is 1. The Balaban J connectivity index is 0.952. The zero-order chi connectivity index (χ0) is 37.1. The molecular weight excluding hydrogens is 698 g/mol. The number of carbonyl (C=O) groups is 2. The minimum Gasteiger partial charge on any atom is -0.475 e. The van der Waals surface area contributed by atoms with E-state index in [1.165, 1.54) is 28.8 Å². The average Bonchev–Trinajstić information content (AvgIpc) is 3.91. The van der Waals surface area contributed by atoms with Crippen molar-refractivity contribution in [1.82, 2.24) is 39.7 Å². The van der Waals surface area contributed by atoms with Gasteiger partial charge in [0, 0.05) is 55.1 Å². The van der Waals surface area contributed by atoms with Crippen LogP contribution in [0.15, 0.2) is 67.1 Å². The lowest BCUT2D eigenvalue weighted by atomic mass is 9.98. The molecule has 2 amide bonds. The predicted octanol–water partition coefficient (Wildman–Crippen LogP) is 4.86. The second-order valence-corrected chi connectivity index (χ2v) is 14.8. The quantitative estimate of drug-likeness (QED) is 0.162. The van der Waals surface area contributed by atoms with Gasteiger partial charge in [0.25, 0.3) is 0 Å². The largest absolute Gasteiger partial charge is 0.475 e. The fourth-order valence-electron chi connectivity index (χ4n) is 6.80. The van der Waals surface area contributed by atoms with Gasteiger partial charge in [-0.2, -0.15) is 10.2 Å². The van der Waals surface area contributed by atoms with E-state index >= 15 is 4.39 Å². The number of carbonyl (C=O) groups excluding carboxylic acids is 2. The number of aromatic amines is 1. The van der Waals surface area contributed by atoms with Crippen LogP contribution in [0, 0.1) is 5.82 Å². The molecule has 1 unspecified atom stereocenters. The maximum absolute atomic E-state index is 15.1. The summed E-state index contributed by atoms with van der Waals surface area (Å²) in [6.07, 6.45) is 8.35. The van der Waals surface area contributed by atoms with Crippen molar-refractivity contribution in [2.24, 2.45) is 0 Å². The highest BCUT2D eigenvalue weighted by atomic mass is 32.2. The number of pyridine rings is 1. The summed E-state index contributed by atoms with van der Waals surface area (Å²) >= 11 is 1.51. The van der Waals surface area contributed by atoms with Gasteiger partial charge in [0.15, 0.2) is 5.82 Å². The second-order valence-electron chi connectivity index (χ2n) is 13.6. The normalized spacial score (nSPS) is 17.8. The van der Waals surface area contributed by atoms with Crippen molar-refractivity contribution < 1.29 is 23.8 Å². The summed E-state index contributed by atoms with van der Waals surface area (Å²) in [4.78, 5) is 39.7. The lowest BCUT2D eigenvalue weighted by molar-refractivity contribution is -0.132. The van der Waals surface area contributed by atoms with Crippen molar-refractivity contribution in [3.63, 3.8) is 0 Å². The van der Waals surface area contributed by atoms with Crippen LogP contribution in [0.5, 0.6) is 5.88 Å². The van der Waals surface area contributed by atoms with E-state index in [9.17, 15) is 9.59 Å². The van der Waals surface area contributed by atoms with E-state index in [1.807, 2.05) is 67.5 Å². The van der Waals surface area contributed by atoms with E-state index < -0.39 is 10.6 Å². The SMILES string of the molecule is CSC1(C(=O)Nc2ccc3[nH]nc(-c4ccc(OC(C)C)nc4)c3c2)CCN(CC(=O)N2CC=C(c3ccc(-c4ncn(CCO)n4)c(F)c3)CC2)C1. The Bertz CT molecular complexity index is 2150. The number of aromatic nitrogens is 6. The van der Waals surface area contributed by atoms with Crippen LogP contribution in [-0.4, -0.2) is 113 Å². The maximum Gasteiger partial charge on any atom is 0.241 e. The lowest BCUT2D eigenvalue weighted by Gasteiger charge is -2.29. The van der Waals surface area contributed by atoms with Crippen molar-refractivity contribution in [3.8, 4) is 28.5 Å². The zero-order valence-corrected chi connectivity index (χ0v) is 30.7. The molecule has 0 saturated carbocycles. The number of hydrogen-bond donors (Lipinski definition) is 3. The number of H-pyrrole nitrogens is 1. The third-order valence-corrected chi connectivity index (χ3v) is 11.0. The molecule has 0 spiro atoms. The number of ether oxygens (including phenoxy) is 1. The van der Waals surface area contributed by atoms with Crippen molar-refractivity contribution in [1.29, 1.82) is 0 Å². The maximum atomic E-state index is 15.1. The highest BCUT2D eigenvalue weighted by Gasteiger charge is 2.44. The van der Waals surface area contributed by atoms with Gasteiger partial charge in [-0.1, -0.05) is 12.1 Å². The number of benzene rings is 2. The van der Waals surface area contributed by atoms with E-state index in [1.54, 1.807) is 12.3 Å². The molecule has 13 nitrogen and oxygen atoms in total. The number of nitrogens with one attached hydrogen (secondary N) is 2. The number of amides is 2. The number of anilines is 1. The molecule has 5 aromatic rings. The highest BCUT2D eigenvalue weighted by Crippen LogP contribution is 2.36. The molecule has 15 heteroatoms. The fourth-order valence-corrected chi connectivity index (χ4v) is 7.64. The lowest BCUT2D eigenvalue weighted by Crippen LogP contribution is -2.45. The van der Waals surface area contributed by atoms with Gasteiger partial charge in [-0.05, 0) is 80.5 Å². The molecule has 2 aromatic carbocycles. The van der Waals surface area contributed by atoms with Gasteiger partial charge in [0.1, 0.15) is 22.6 Å². The Hall–Kier alpha value is -5.12. The molecule has 5 heterocycles. The molecular formula is C38H42FN9O4S. The Morgan fingerprint density at radius 2 is 1.96 bits per heavy atom. The number of aliphatic hydroxyl groups excluding tert-OH is 1. The summed E-state index contributed by atoms with van der Waals surface area (Å²) in [6, 6.07) is 14.4. The number of rotatable bonds is 12. The molecule has 0 radical (unpaired) electrons. The summed E-state index contributed by atoms with van der Waals surface area (Å²) in [5.41, 5.74) is 5.09. The van der Waals surface area contributed by atoms with Gasteiger partial charge in [0.05, 0.1) is 36.9 Å². The standard InChI is InChI=1S/C38H42FN9O4S/c1-24(2)52-33-9-5-27(20-40-33)35-30-19-28(6-8-32(30)43-44-35)42-37(51)38(53-3)12-15-46(22-38)21-34(50)47-13-10-25(11-14-47)26-4-7-29(31(39)18-26)36-41-23-48(45-36)16-17-49/h4-10,18-20,23-24,49H,11-17,21-22H2,1-3H3,(H,42,51)(H,43,44). The minimum absolute atomic E-state index is 0.0000839. The summed E-state index contributed by atoms with van der Waals surface area (Å²) in [5.74, 6) is 0.282. The van der Waals surface area contributed by atoms with Gasteiger partial charge >= 0.3 is 0 Å². The van der Waals surface area contributed by atoms with Gasteiger partial charge in [0.2, 0.25) is 17.7 Å².